The third-order valence-electron chi connectivity index (χ3n) is 7.24. The summed E-state index contributed by atoms with van der Waals surface area (Å²) >= 11 is 0. The van der Waals surface area contributed by atoms with Crippen molar-refractivity contribution in [3.05, 3.63) is 96.1 Å². The van der Waals surface area contributed by atoms with Crippen LogP contribution in [0.4, 0.5) is 0 Å². The zero-order valence-corrected chi connectivity index (χ0v) is 21.0. The van der Waals surface area contributed by atoms with Gasteiger partial charge in [0.05, 0.1) is 20.1 Å². The average Bonchev–Trinajstić information content (AvgIpc) is 3.30. The summed E-state index contributed by atoms with van der Waals surface area (Å²) in [5.41, 5.74) is 1.75. The first-order chi connectivity index (χ1) is 16.4. The lowest BCUT2D eigenvalue weighted by Crippen LogP contribution is -2.64. The van der Waals surface area contributed by atoms with E-state index in [4.69, 9.17) is 9.47 Å². The van der Waals surface area contributed by atoms with Gasteiger partial charge in [-0.1, -0.05) is 107 Å². The van der Waals surface area contributed by atoms with Gasteiger partial charge in [-0.15, -0.1) is 0 Å². The van der Waals surface area contributed by atoms with E-state index in [9.17, 15) is 9.59 Å². The number of rotatable bonds is 6. The van der Waals surface area contributed by atoms with Gasteiger partial charge < -0.3 is 9.47 Å². The number of ether oxygens (including phenoxy) is 2. The second-order valence-electron chi connectivity index (χ2n) is 9.06. The molecule has 1 aliphatic rings. The van der Waals surface area contributed by atoms with Crippen molar-refractivity contribution in [2.75, 3.05) is 14.2 Å². The Labute approximate surface area is 202 Å². The summed E-state index contributed by atoms with van der Waals surface area (Å²) < 4.78 is 10.6. The van der Waals surface area contributed by atoms with Crippen LogP contribution in [0.2, 0.25) is 12.1 Å². The quantitative estimate of drug-likeness (QED) is 0.440. The van der Waals surface area contributed by atoms with E-state index in [1.165, 1.54) is 14.2 Å². The Kier molecular flexibility index (Phi) is 7.00. The number of nitrogens with one attached hydrogen (secondary N) is 1. The lowest BCUT2D eigenvalue weighted by atomic mass is 9.92. The molecule has 4 rings (SSSR count). The maximum absolute atomic E-state index is 13.4. The van der Waals surface area contributed by atoms with E-state index >= 15 is 0 Å². The van der Waals surface area contributed by atoms with Crippen LogP contribution in [-0.4, -0.2) is 40.3 Å². The number of benzene rings is 3. The van der Waals surface area contributed by atoms with Gasteiger partial charge in [-0.3, -0.25) is 14.9 Å². The van der Waals surface area contributed by atoms with Crippen molar-refractivity contribution in [2.45, 2.75) is 31.1 Å². The molecular weight excluding hydrogens is 442 g/mol. The third-order valence-corrected chi connectivity index (χ3v) is 12.3. The SMILES string of the molecule is COC(=O)[C@H]1[C@H]([Si](C)(c2ccccc2)c2ccccc2)[C@@H](C(=O)OC)N[C@H]1c1ccc(C)cc1. The Hall–Kier alpha value is -3.22. The van der Waals surface area contributed by atoms with Crippen LogP contribution in [0, 0.1) is 12.8 Å². The molecule has 3 aromatic rings. The molecule has 1 saturated heterocycles. The molecular formula is C28H31NO4Si. The first-order valence-electron chi connectivity index (χ1n) is 11.5. The average molecular weight is 474 g/mol. The minimum absolute atomic E-state index is 0.319. The Morgan fingerprint density at radius 1 is 0.765 bits per heavy atom. The summed E-state index contributed by atoms with van der Waals surface area (Å²) in [6.45, 7) is 4.27. The number of methoxy groups -OCH3 is 2. The molecule has 0 spiro atoms. The summed E-state index contributed by atoms with van der Waals surface area (Å²) in [6, 6.07) is 27.5. The summed E-state index contributed by atoms with van der Waals surface area (Å²) in [4.78, 5) is 26.7. The van der Waals surface area contributed by atoms with Crippen LogP contribution in [0.5, 0.6) is 0 Å². The maximum atomic E-state index is 13.4. The molecule has 176 valence electrons. The van der Waals surface area contributed by atoms with Crippen LogP contribution in [-0.2, 0) is 19.1 Å². The first-order valence-corrected chi connectivity index (χ1v) is 14.1. The van der Waals surface area contributed by atoms with Crippen molar-refractivity contribution in [1.82, 2.24) is 5.32 Å². The van der Waals surface area contributed by atoms with Crippen LogP contribution in [0.3, 0.4) is 0 Å². The highest BCUT2D eigenvalue weighted by Gasteiger charge is 2.59. The number of carbonyl (C=O) groups is 2. The zero-order valence-electron chi connectivity index (χ0n) is 20.0. The van der Waals surface area contributed by atoms with Crippen LogP contribution < -0.4 is 15.7 Å². The van der Waals surface area contributed by atoms with Crippen molar-refractivity contribution >= 4 is 30.4 Å². The molecule has 0 amide bonds. The minimum Gasteiger partial charge on any atom is -0.469 e. The topological polar surface area (TPSA) is 64.6 Å². The molecule has 1 aliphatic heterocycles. The molecule has 1 N–H and O–H groups in total. The molecule has 1 fully saturated rings. The molecule has 0 aromatic heterocycles. The van der Waals surface area contributed by atoms with Gasteiger partial charge in [-0.05, 0) is 12.5 Å². The second-order valence-corrected chi connectivity index (χ2v) is 13.3. The Bertz CT molecular complexity index is 1090. The molecule has 6 heteroatoms. The van der Waals surface area contributed by atoms with Gasteiger partial charge in [0, 0.05) is 11.6 Å². The molecule has 0 radical (unpaired) electrons. The fourth-order valence-electron chi connectivity index (χ4n) is 5.47. The van der Waals surface area contributed by atoms with Crippen molar-refractivity contribution in [2.24, 2.45) is 5.92 Å². The van der Waals surface area contributed by atoms with Crippen molar-refractivity contribution in [3.8, 4) is 0 Å². The maximum Gasteiger partial charge on any atom is 0.322 e. The summed E-state index contributed by atoms with van der Waals surface area (Å²) in [7, 11) is 0.115. The van der Waals surface area contributed by atoms with Gasteiger partial charge in [-0.25, -0.2) is 0 Å². The Morgan fingerprint density at radius 3 is 1.74 bits per heavy atom. The monoisotopic (exact) mass is 473 g/mol. The fourth-order valence-corrected chi connectivity index (χ4v) is 10.3. The minimum atomic E-state index is -2.70. The molecule has 5 nitrogen and oxygen atoms in total. The molecule has 1 heterocycles. The molecule has 34 heavy (non-hydrogen) atoms. The van der Waals surface area contributed by atoms with E-state index in [0.29, 0.717) is 0 Å². The van der Waals surface area contributed by atoms with Crippen molar-refractivity contribution in [1.29, 1.82) is 0 Å². The molecule has 0 bridgehead atoms. The molecule has 0 unspecified atom stereocenters. The van der Waals surface area contributed by atoms with Crippen molar-refractivity contribution in [3.63, 3.8) is 0 Å². The summed E-state index contributed by atoms with van der Waals surface area (Å²) in [5, 5.41) is 5.80. The van der Waals surface area contributed by atoms with E-state index in [1.807, 2.05) is 67.6 Å². The largest absolute Gasteiger partial charge is 0.469 e. The highest BCUT2D eigenvalue weighted by Crippen LogP contribution is 2.47. The lowest BCUT2D eigenvalue weighted by Gasteiger charge is -2.39. The third kappa shape index (κ3) is 4.19. The van der Waals surface area contributed by atoms with E-state index < -0.39 is 20.0 Å². The van der Waals surface area contributed by atoms with E-state index in [-0.39, 0.29) is 23.5 Å². The van der Waals surface area contributed by atoms with Crippen LogP contribution in [0.25, 0.3) is 0 Å². The van der Waals surface area contributed by atoms with Gasteiger partial charge in [0.15, 0.2) is 0 Å². The normalized spacial score (nSPS) is 22.2. The number of esters is 2. The predicted molar refractivity (Wildman–Crippen MR) is 136 cm³/mol. The lowest BCUT2D eigenvalue weighted by molar-refractivity contribution is -0.146. The van der Waals surface area contributed by atoms with Gasteiger partial charge in [0.1, 0.15) is 14.1 Å². The standard InChI is InChI=1S/C28H31NO4Si/c1-19-15-17-20(18-16-19)24-23(27(30)32-2)26(25(29-24)28(31)33-3)34(4,21-11-7-5-8-12-21)22-13-9-6-10-14-22/h5-18,23-26,29H,1-4H3/t23-,24+,25+,26+/m1/s1. The van der Waals surface area contributed by atoms with Crippen LogP contribution in [0.15, 0.2) is 84.9 Å². The van der Waals surface area contributed by atoms with E-state index in [2.05, 4.69) is 36.1 Å². The van der Waals surface area contributed by atoms with Gasteiger partial charge in [-0.2, -0.15) is 0 Å². The molecule has 3 aromatic carbocycles. The summed E-state index contributed by atoms with van der Waals surface area (Å²) in [6.07, 6.45) is 0. The smallest absolute Gasteiger partial charge is 0.322 e. The first kappa shape index (κ1) is 23.9. The number of carbonyl (C=O) groups excluding carboxylic acids is 2. The molecule has 0 aliphatic carbocycles. The zero-order chi connectivity index (χ0) is 24.3. The van der Waals surface area contributed by atoms with E-state index in [1.54, 1.807) is 0 Å². The highest BCUT2D eigenvalue weighted by atomic mass is 28.3. The van der Waals surface area contributed by atoms with Gasteiger partial charge in [0.2, 0.25) is 0 Å². The van der Waals surface area contributed by atoms with Gasteiger partial charge in [0.25, 0.3) is 0 Å². The molecule has 4 atom stereocenters. The predicted octanol–water partition coefficient (Wildman–Crippen LogP) is 3.23. The van der Waals surface area contributed by atoms with Crippen LogP contribution >= 0.6 is 0 Å². The van der Waals surface area contributed by atoms with Crippen molar-refractivity contribution < 1.29 is 19.1 Å². The highest BCUT2D eigenvalue weighted by molar-refractivity contribution is 7.02. The molecule has 0 saturated carbocycles. The van der Waals surface area contributed by atoms with E-state index in [0.717, 1.165) is 21.5 Å². The van der Waals surface area contributed by atoms with Gasteiger partial charge >= 0.3 is 11.9 Å². The fraction of sp³-hybridized carbons (Fsp3) is 0.286. The van der Waals surface area contributed by atoms with Crippen LogP contribution in [0.1, 0.15) is 17.2 Å². The number of hydrogen-bond donors (Lipinski definition) is 1. The summed E-state index contributed by atoms with van der Waals surface area (Å²) in [5.74, 6) is -1.24. The second kappa shape index (κ2) is 9.95. The number of aryl methyl sites for hydroxylation is 1. The Balaban J connectivity index is 1.96. The Morgan fingerprint density at radius 2 is 1.26 bits per heavy atom. The number of hydrogen-bond acceptors (Lipinski definition) is 5.